The van der Waals surface area contributed by atoms with Crippen molar-refractivity contribution in [1.82, 2.24) is 9.88 Å². The average molecular weight is 400 g/mol. The number of hydrogen-bond donors (Lipinski definition) is 1. The largest absolute Gasteiger partial charge is 0.378 e. The number of carbonyl (C=O) groups is 1. The molecular formula is C20H21N3O2S2. The molecule has 140 valence electrons. The first kappa shape index (κ1) is 18.3. The molecule has 2 saturated heterocycles. The maximum atomic E-state index is 11.9. The van der Waals surface area contributed by atoms with Crippen molar-refractivity contribution in [2.24, 2.45) is 0 Å². The van der Waals surface area contributed by atoms with E-state index in [2.05, 4.69) is 59.0 Å². The van der Waals surface area contributed by atoms with Crippen LogP contribution in [0.5, 0.6) is 0 Å². The molecule has 3 heterocycles. The molecule has 5 nitrogen and oxygen atoms in total. The van der Waals surface area contributed by atoms with Gasteiger partial charge in [0.15, 0.2) is 0 Å². The molecule has 0 radical (unpaired) electrons. The van der Waals surface area contributed by atoms with Crippen molar-refractivity contribution in [3.8, 4) is 5.69 Å². The summed E-state index contributed by atoms with van der Waals surface area (Å²) in [5.41, 5.74) is 5.60. The number of nitrogens with one attached hydrogen (secondary N) is 1. The minimum atomic E-state index is -0.121. The Labute approximate surface area is 168 Å². The van der Waals surface area contributed by atoms with Crippen molar-refractivity contribution in [1.29, 1.82) is 0 Å². The smallest absolute Gasteiger partial charge is 0.263 e. The number of thiocarbonyl (C=S) groups is 1. The van der Waals surface area contributed by atoms with Crippen LogP contribution in [0.25, 0.3) is 11.8 Å². The van der Waals surface area contributed by atoms with Gasteiger partial charge in [-0.05, 0) is 55.8 Å². The number of nitrogens with zero attached hydrogens (tertiary/aromatic N) is 2. The lowest BCUT2D eigenvalue weighted by molar-refractivity contribution is -0.115. The summed E-state index contributed by atoms with van der Waals surface area (Å²) < 4.78 is 8.15. The van der Waals surface area contributed by atoms with Crippen LogP contribution >= 0.6 is 24.0 Å². The second-order valence-electron chi connectivity index (χ2n) is 6.63. The lowest BCUT2D eigenvalue weighted by atomic mass is 10.2. The standard InChI is InChI=1S/C20H21N3O2S2/c1-13-11-15(12-18-19(24)21-20(26)27-18)14(2)23(13)17-5-3-16(4-6-17)22-7-9-25-10-8-22/h3-6,11-12H,7-10H2,1-2H3,(H,21,24,26)/b18-12+. The molecule has 0 unspecified atom stereocenters. The van der Waals surface area contributed by atoms with E-state index in [-0.39, 0.29) is 5.91 Å². The van der Waals surface area contributed by atoms with Gasteiger partial charge in [0, 0.05) is 35.9 Å². The van der Waals surface area contributed by atoms with Crippen LogP contribution in [0.3, 0.4) is 0 Å². The first-order valence-corrected chi connectivity index (χ1v) is 10.1. The monoisotopic (exact) mass is 399 g/mol. The molecular weight excluding hydrogens is 378 g/mol. The molecule has 2 aliphatic rings. The van der Waals surface area contributed by atoms with Gasteiger partial charge in [0.2, 0.25) is 0 Å². The van der Waals surface area contributed by atoms with E-state index in [1.807, 2.05) is 6.08 Å². The number of hydrogen-bond acceptors (Lipinski definition) is 5. The predicted molar refractivity (Wildman–Crippen MR) is 115 cm³/mol. The molecule has 1 amide bonds. The summed E-state index contributed by atoms with van der Waals surface area (Å²) in [6, 6.07) is 10.7. The number of benzene rings is 1. The maximum absolute atomic E-state index is 11.9. The van der Waals surface area contributed by atoms with Gasteiger partial charge >= 0.3 is 0 Å². The van der Waals surface area contributed by atoms with E-state index in [0.29, 0.717) is 9.23 Å². The third kappa shape index (κ3) is 3.67. The van der Waals surface area contributed by atoms with Crippen molar-refractivity contribution in [3.05, 3.63) is 52.2 Å². The normalized spacial score (nSPS) is 19.0. The van der Waals surface area contributed by atoms with Crippen LogP contribution in [-0.2, 0) is 9.53 Å². The van der Waals surface area contributed by atoms with Crippen LogP contribution in [0.1, 0.15) is 17.0 Å². The van der Waals surface area contributed by atoms with Gasteiger partial charge in [-0.25, -0.2) is 0 Å². The fourth-order valence-corrected chi connectivity index (χ4v) is 4.56. The zero-order valence-corrected chi connectivity index (χ0v) is 17.0. The van der Waals surface area contributed by atoms with Crippen LogP contribution in [0.2, 0.25) is 0 Å². The molecule has 0 bridgehead atoms. The molecule has 0 atom stereocenters. The van der Waals surface area contributed by atoms with Gasteiger partial charge in [0.25, 0.3) is 5.91 Å². The Balaban J connectivity index is 1.62. The van der Waals surface area contributed by atoms with Crippen LogP contribution in [0.15, 0.2) is 35.2 Å². The fourth-order valence-electron chi connectivity index (χ4n) is 3.53. The third-order valence-corrected chi connectivity index (χ3v) is 6.05. The van der Waals surface area contributed by atoms with E-state index in [4.69, 9.17) is 17.0 Å². The van der Waals surface area contributed by atoms with E-state index < -0.39 is 0 Å². The predicted octanol–water partition coefficient (Wildman–Crippen LogP) is 3.42. The van der Waals surface area contributed by atoms with Gasteiger partial charge in [-0.1, -0.05) is 24.0 Å². The van der Waals surface area contributed by atoms with Gasteiger partial charge < -0.3 is 19.5 Å². The van der Waals surface area contributed by atoms with Crippen LogP contribution in [0, 0.1) is 13.8 Å². The van der Waals surface area contributed by atoms with Gasteiger partial charge in [-0.3, -0.25) is 4.79 Å². The Morgan fingerprint density at radius 1 is 1.15 bits per heavy atom. The topological polar surface area (TPSA) is 46.5 Å². The zero-order valence-electron chi connectivity index (χ0n) is 15.3. The van der Waals surface area contributed by atoms with Gasteiger partial charge in [0.1, 0.15) is 4.32 Å². The van der Waals surface area contributed by atoms with E-state index >= 15 is 0 Å². The Morgan fingerprint density at radius 2 is 1.81 bits per heavy atom. The summed E-state index contributed by atoms with van der Waals surface area (Å²) in [5.74, 6) is -0.121. The van der Waals surface area contributed by atoms with Crippen LogP contribution < -0.4 is 10.2 Å². The quantitative estimate of drug-likeness (QED) is 0.633. The molecule has 7 heteroatoms. The second kappa shape index (κ2) is 7.50. The molecule has 1 aromatic carbocycles. The summed E-state index contributed by atoms with van der Waals surface area (Å²) in [6.45, 7) is 7.58. The van der Waals surface area contributed by atoms with E-state index in [9.17, 15) is 4.79 Å². The van der Waals surface area contributed by atoms with E-state index in [1.165, 1.54) is 17.4 Å². The highest BCUT2D eigenvalue weighted by Crippen LogP contribution is 2.29. The molecule has 1 aromatic heterocycles. The minimum Gasteiger partial charge on any atom is -0.378 e. The van der Waals surface area contributed by atoms with Gasteiger partial charge in [0.05, 0.1) is 18.1 Å². The Hall–Kier alpha value is -2.09. The van der Waals surface area contributed by atoms with Crippen molar-refractivity contribution >= 4 is 46.0 Å². The number of carbonyl (C=O) groups excluding carboxylic acids is 1. The average Bonchev–Trinajstić information content (AvgIpc) is 3.13. The van der Waals surface area contributed by atoms with Gasteiger partial charge in [-0.15, -0.1) is 0 Å². The maximum Gasteiger partial charge on any atom is 0.263 e. The molecule has 2 fully saturated rings. The molecule has 27 heavy (non-hydrogen) atoms. The summed E-state index contributed by atoms with van der Waals surface area (Å²) in [5, 5.41) is 2.66. The molecule has 0 saturated carbocycles. The fraction of sp³-hybridized carbons (Fsp3) is 0.300. The Morgan fingerprint density at radius 3 is 2.44 bits per heavy atom. The molecule has 1 N–H and O–H groups in total. The van der Waals surface area contributed by atoms with Crippen molar-refractivity contribution < 1.29 is 9.53 Å². The lowest BCUT2D eigenvalue weighted by Gasteiger charge is -2.29. The molecule has 4 rings (SSSR count). The summed E-state index contributed by atoms with van der Waals surface area (Å²) in [7, 11) is 0. The van der Waals surface area contributed by atoms with E-state index in [0.717, 1.165) is 48.9 Å². The minimum absolute atomic E-state index is 0.121. The Bertz CT molecular complexity index is 925. The number of morpholine rings is 1. The third-order valence-electron chi connectivity index (χ3n) is 4.88. The zero-order chi connectivity index (χ0) is 19.0. The summed E-state index contributed by atoms with van der Waals surface area (Å²) >= 11 is 6.38. The molecule has 0 spiro atoms. The van der Waals surface area contributed by atoms with E-state index in [1.54, 1.807) is 0 Å². The van der Waals surface area contributed by atoms with Crippen molar-refractivity contribution in [2.75, 3.05) is 31.2 Å². The van der Waals surface area contributed by atoms with Crippen molar-refractivity contribution in [2.45, 2.75) is 13.8 Å². The van der Waals surface area contributed by atoms with Gasteiger partial charge in [-0.2, -0.15) is 0 Å². The first-order valence-electron chi connectivity index (χ1n) is 8.90. The number of amides is 1. The first-order chi connectivity index (χ1) is 13.0. The van der Waals surface area contributed by atoms with Crippen LogP contribution in [-0.4, -0.2) is 41.1 Å². The number of aromatic nitrogens is 1. The summed E-state index contributed by atoms with van der Waals surface area (Å²) in [6.07, 6.45) is 1.92. The summed E-state index contributed by atoms with van der Waals surface area (Å²) in [4.78, 5) is 14.9. The Kier molecular flexibility index (Phi) is 5.08. The van der Waals surface area contributed by atoms with Crippen LogP contribution in [0.4, 0.5) is 5.69 Å². The second-order valence-corrected chi connectivity index (χ2v) is 8.35. The number of thioether (sulfide) groups is 1. The molecule has 2 aliphatic heterocycles. The highest BCUT2D eigenvalue weighted by Gasteiger charge is 2.23. The highest BCUT2D eigenvalue weighted by molar-refractivity contribution is 8.26. The number of rotatable bonds is 3. The SMILES string of the molecule is Cc1cc(/C=C2/SC(=S)NC2=O)c(C)n1-c1ccc(N2CCOCC2)cc1. The number of anilines is 1. The molecule has 0 aliphatic carbocycles. The van der Waals surface area contributed by atoms with Crippen molar-refractivity contribution in [3.63, 3.8) is 0 Å². The lowest BCUT2D eigenvalue weighted by Crippen LogP contribution is -2.36. The number of ether oxygens (including phenoxy) is 1. The highest BCUT2D eigenvalue weighted by atomic mass is 32.2. The molecule has 2 aromatic rings. The number of aryl methyl sites for hydroxylation is 1.